The van der Waals surface area contributed by atoms with E-state index in [1.807, 2.05) is 0 Å². The molecule has 0 unspecified atom stereocenters. The first-order valence-electron chi connectivity index (χ1n) is 8.69. The van der Waals surface area contributed by atoms with E-state index in [0.717, 1.165) is 19.0 Å². The first-order chi connectivity index (χ1) is 10.2. The van der Waals surface area contributed by atoms with Gasteiger partial charge in [0.1, 0.15) is 0 Å². The lowest BCUT2D eigenvalue weighted by atomic mass is 9.82. The van der Waals surface area contributed by atoms with E-state index >= 15 is 0 Å². The summed E-state index contributed by atoms with van der Waals surface area (Å²) in [5, 5.41) is 3.62. The Morgan fingerprint density at radius 2 is 1.95 bits per heavy atom. The van der Waals surface area contributed by atoms with Crippen LogP contribution in [0.25, 0.3) is 6.08 Å². The van der Waals surface area contributed by atoms with Crippen LogP contribution in [0.3, 0.4) is 0 Å². The Balaban J connectivity index is 2.19. The van der Waals surface area contributed by atoms with Crippen LogP contribution in [0.4, 0.5) is 0 Å². The Morgan fingerprint density at radius 3 is 2.67 bits per heavy atom. The van der Waals surface area contributed by atoms with Crippen LogP contribution in [-0.4, -0.2) is 13.1 Å². The van der Waals surface area contributed by atoms with Crippen molar-refractivity contribution in [3.63, 3.8) is 0 Å². The molecule has 0 aliphatic heterocycles. The van der Waals surface area contributed by atoms with Crippen LogP contribution in [-0.2, 0) is 0 Å². The molecule has 1 aliphatic rings. The predicted molar refractivity (Wildman–Crippen MR) is 93.6 cm³/mol. The average molecular weight is 285 g/mol. The third-order valence-electron chi connectivity index (χ3n) is 4.87. The SMILES string of the molecule is CCCNC/C(=C/c1cccc(C)c1C)C1CCCCC1. The lowest BCUT2D eigenvalue weighted by Gasteiger charge is -2.25. The summed E-state index contributed by atoms with van der Waals surface area (Å²) in [7, 11) is 0. The number of hydrogen-bond acceptors (Lipinski definition) is 1. The van der Waals surface area contributed by atoms with Gasteiger partial charge in [0.05, 0.1) is 0 Å². The van der Waals surface area contributed by atoms with Crippen molar-refractivity contribution in [3.8, 4) is 0 Å². The highest BCUT2D eigenvalue weighted by Gasteiger charge is 2.17. The Bertz CT molecular complexity index is 467. The Hall–Kier alpha value is -1.08. The molecule has 0 amide bonds. The molecule has 21 heavy (non-hydrogen) atoms. The molecule has 1 fully saturated rings. The van der Waals surface area contributed by atoms with Gasteiger partial charge in [0.25, 0.3) is 0 Å². The van der Waals surface area contributed by atoms with Gasteiger partial charge in [-0.1, -0.05) is 56.0 Å². The second-order valence-corrected chi connectivity index (χ2v) is 6.52. The van der Waals surface area contributed by atoms with Gasteiger partial charge < -0.3 is 5.32 Å². The molecule has 1 N–H and O–H groups in total. The van der Waals surface area contributed by atoms with Crippen molar-refractivity contribution in [1.29, 1.82) is 0 Å². The van der Waals surface area contributed by atoms with Gasteiger partial charge in [-0.25, -0.2) is 0 Å². The molecule has 0 heterocycles. The van der Waals surface area contributed by atoms with Gasteiger partial charge in [-0.3, -0.25) is 0 Å². The maximum Gasteiger partial charge on any atom is 0.0170 e. The molecule has 2 rings (SSSR count). The van der Waals surface area contributed by atoms with E-state index in [2.05, 4.69) is 50.4 Å². The fourth-order valence-corrected chi connectivity index (χ4v) is 3.33. The van der Waals surface area contributed by atoms with Crippen molar-refractivity contribution in [2.45, 2.75) is 59.3 Å². The van der Waals surface area contributed by atoms with Crippen LogP contribution in [0.5, 0.6) is 0 Å². The molecule has 0 bridgehead atoms. The lowest BCUT2D eigenvalue weighted by molar-refractivity contribution is 0.396. The highest BCUT2D eigenvalue weighted by atomic mass is 14.8. The third-order valence-corrected chi connectivity index (χ3v) is 4.87. The van der Waals surface area contributed by atoms with Gasteiger partial charge in [-0.15, -0.1) is 0 Å². The molecule has 1 heteroatoms. The van der Waals surface area contributed by atoms with Crippen LogP contribution in [0.2, 0.25) is 0 Å². The van der Waals surface area contributed by atoms with E-state index < -0.39 is 0 Å². The molecule has 1 aliphatic carbocycles. The topological polar surface area (TPSA) is 12.0 Å². The van der Waals surface area contributed by atoms with Crippen molar-refractivity contribution >= 4 is 6.08 Å². The van der Waals surface area contributed by atoms with E-state index in [9.17, 15) is 0 Å². The molecule has 1 nitrogen and oxygen atoms in total. The standard InChI is InChI=1S/C20H31N/c1-4-13-21-15-20(18-10-6-5-7-11-18)14-19-12-8-9-16(2)17(19)3/h8-9,12,14,18,21H,4-7,10-11,13,15H2,1-3H3/b20-14-. The average Bonchev–Trinajstić information content (AvgIpc) is 2.51. The summed E-state index contributed by atoms with van der Waals surface area (Å²) in [6.07, 6.45) is 10.7. The molecule has 1 saturated carbocycles. The van der Waals surface area contributed by atoms with E-state index in [4.69, 9.17) is 0 Å². The molecule has 0 radical (unpaired) electrons. The molecular formula is C20H31N. The van der Waals surface area contributed by atoms with Gasteiger partial charge >= 0.3 is 0 Å². The van der Waals surface area contributed by atoms with Crippen LogP contribution >= 0.6 is 0 Å². The fraction of sp³-hybridized carbons (Fsp3) is 0.600. The Kier molecular flexibility index (Phi) is 6.50. The number of nitrogens with one attached hydrogen (secondary N) is 1. The number of benzene rings is 1. The summed E-state index contributed by atoms with van der Waals surface area (Å²) < 4.78 is 0. The molecule has 1 aromatic carbocycles. The molecule has 116 valence electrons. The largest absolute Gasteiger partial charge is 0.313 e. The van der Waals surface area contributed by atoms with Crippen LogP contribution in [0.15, 0.2) is 23.8 Å². The minimum absolute atomic E-state index is 0.794. The molecule has 0 saturated heterocycles. The maximum absolute atomic E-state index is 3.62. The highest BCUT2D eigenvalue weighted by molar-refractivity contribution is 5.59. The van der Waals surface area contributed by atoms with Crippen molar-refractivity contribution in [2.24, 2.45) is 5.92 Å². The van der Waals surface area contributed by atoms with E-state index in [1.165, 1.54) is 55.2 Å². The van der Waals surface area contributed by atoms with E-state index in [0.29, 0.717) is 0 Å². The summed E-state index contributed by atoms with van der Waals surface area (Å²) in [4.78, 5) is 0. The smallest absolute Gasteiger partial charge is 0.0170 e. The quantitative estimate of drug-likeness (QED) is 0.702. The van der Waals surface area contributed by atoms with E-state index in [-0.39, 0.29) is 0 Å². The van der Waals surface area contributed by atoms with Crippen molar-refractivity contribution in [2.75, 3.05) is 13.1 Å². The number of hydrogen-bond donors (Lipinski definition) is 1. The van der Waals surface area contributed by atoms with Gasteiger partial charge in [0, 0.05) is 6.54 Å². The molecule has 0 atom stereocenters. The molecular weight excluding hydrogens is 254 g/mol. The number of rotatable bonds is 6. The molecule has 0 aromatic heterocycles. The second kappa shape index (κ2) is 8.38. The summed E-state index contributed by atoms with van der Waals surface area (Å²) in [6, 6.07) is 6.67. The molecule has 1 aromatic rings. The zero-order valence-electron chi connectivity index (χ0n) is 14.0. The Morgan fingerprint density at radius 1 is 1.19 bits per heavy atom. The van der Waals surface area contributed by atoms with Gasteiger partial charge in [0.15, 0.2) is 0 Å². The van der Waals surface area contributed by atoms with Crippen molar-refractivity contribution < 1.29 is 0 Å². The first-order valence-corrected chi connectivity index (χ1v) is 8.69. The first kappa shape index (κ1) is 16.3. The van der Waals surface area contributed by atoms with Crippen LogP contribution < -0.4 is 5.32 Å². The zero-order chi connectivity index (χ0) is 15.1. The predicted octanol–water partition coefficient (Wildman–Crippen LogP) is 5.27. The van der Waals surface area contributed by atoms with Crippen molar-refractivity contribution in [3.05, 3.63) is 40.5 Å². The maximum atomic E-state index is 3.62. The second-order valence-electron chi connectivity index (χ2n) is 6.52. The fourth-order valence-electron chi connectivity index (χ4n) is 3.33. The van der Waals surface area contributed by atoms with Gasteiger partial charge in [-0.2, -0.15) is 0 Å². The van der Waals surface area contributed by atoms with Crippen molar-refractivity contribution in [1.82, 2.24) is 5.32 Å². The summed E-state index contributed by atoms with van der Waals surface area (Å²) in [5.74, 6) is 0.794. The van der Waals surface area contributed by atoms with Crippen LogP contribution in [0.1, 0.15) is 62.1 Å². The summed E-state index contributed by atoms with van der Waals surface area (Å²) >= 11 is 0. The summed E-state index contributed by atoms with van der Waals surface area (Å²) in [5.41, 5.74) is 5.86. The monoisotopic (exact) mass is 285 g/mol. The normalized spacial score (nSPS) is 17.2. The zero-order valence-corrected chi connectivity index (χ0v) is 14.0. The van der Waals surface area contributed by atoms with Crippen LogP contribution in [0, 0.1) is 19.8 Å². The third kappa shape index (κ3) is 4.71. The van der Waals surface area contributed by atoms with Gasteiger partial charge in [0.2, 0.25) is 0 Å². The lowest BCUT2D eigenvalue weighted by Crippen LogP contribution is -2.23. The highest BCUT2D eigenvalue weighted by Crippen LogP contribution is 2.31. The molecule has 0 spiro atoms. The van der Waals surface area contributed by atoms with E-state index in [1.54, 1.807) is 5.57 Å². The van der Waals surface area contributed by atoms with Gasteiger partial charge in [-0.05, 0) is 62.3 Å². The minimum Gasteiger partial charge on any atom is -0.313 e. The summed E-state index contributed by atoms with van der Waals surface area (Å²) in [6.45, 7) is 8.88. The minimum atomic E-state index is 0.794. The Labute approximate surface area is 130 Å². The number of aryl methyl sites for hydroxylation is 1.